The van der Waals surface area contributed by atoms with E-state index < -0.39 is 17.5 Å². The number of rotatable bonds is 6. The summed E-state index contributed by atoms with van der Waals surface area (Å²) in [5, 5.41) is 30.9. The maximum absolute atomic E-state index is 11.7. The maximum atomic E-state index is 11.7. The molecular weight excluding hydrogens is 316 g/mol. The van der Waals surface area contributed by atoms with Gasteiger partial charge in [-0.15, -0.1) is 0 Å². The maximum Gasteiger partial charge on any atom is 0.313 e. The lowest BCUT2D eigenvalue weighted by Gasteiger charge is -2.43. The van der Waals surface area contributed by atoms with Crippen molar-refractivity contribution in [3.05, 3.63) is 12.2 Å². The first-order valence-electron chi connectivity index (χ1n) is 8.03. The number of aromatic nitrogens is 3. The molecule has 9 heteroatoms. The Morgan fingerprint density at radius 3 is 2.71 bits per heavy atom. The summed E-state index contributed by atoms with van der Waals surface area (Å²) in [5.74, 6) is -0.0665. The summed E-state index contributed by atoms with van der Waals surface area (Å²) < 4.78 is 1.81. The SMILES string of the molecule is CCC[C@@]1(C(=O)O)CN(Cc2ncnn2CC)CC[C@@H]1O.O=CO. The number of aliphatic hydroxyl groups excluding tert-OH is 1. The summed E-state index contributed by atoms with van der Waals surface area (Å²) in [6.45, 7) is 6.04. The van der Waals surface area contributed by atoms with Crippen molar-refractivity contribution < 1.29 is 24.9 Å². The van der Waals surface area contributed by atoms with Gasteiger partial charge in [-0.1, -0.05) is 13.3 Å². The van der Waals surface area contributed by atoms with E-state index in [2.05, 4.69) is 15.0 Å². The van der Waals surface area contributed by atoms with Crippen molar-refractivity contribution in [3.8, 4) is 0 Å². The lowest BCUT2D eigenvalue weighted by molar-refractivity contribution is -0.164. The van der Waals surface area contributed by atoms with E-state index >= 15 is 0 Å². The van der Waals surface area contributed by atoms with Crippen molar-refractivity contribution >= 4 is 12.4 Å². The highest BCUT2D eigenvalue weighted by Gasteiger charge is 2.48. The lowest BCUT2D eigenvalue weighted by atomic mass is 9.74. The van der Waals surface area contributed by atoms with Gasteiger partial charge in [0.05, 0.1) is 12.6 Å². The predicted molar refractivity (Wildman–Crippen MR) is 85.3 cm³/mol. The predicted octanol–water partition coefficient (Wildman–Crippen LogP) is 0.437. The van der Waals surface area contributed by atoms with Crippen LogP contribution in [0.4, 0.5) is 0 Å². The van der Waals surface area contributed by atoms with Crippen molar-refractivity contribution in [1.29, 1.82) is 0 Å². The van der Waals surface area contributed by atoms with Crippen LogP contribution in [-0.2, 0) is 22.7 Å². The molecule has 0 spiro atoms. The molecule has 2 atom stereocenters. The number of aliphatic carboxylic acids is 1. The fourth-order valence-electron chi connectivity index (χ4n) is 3.18. The van der Waals surface area contributed by atoms with E-state index in [9.17, 15) is 15.0 Å². The fourth-order valence-corrected chi connectivity index (χ4v) is 3.18. The number of carboxylic acids is 1. The molecule has 1 saturated heterocycles. The van der Waals surface area contributed by atoms with Gasteiger partial charge < -0.3 is 15.3 Å². The summed E-state index contributed by atoms with van der Waals surface area (Å²) in [4.78, 5) is 26.4. The number of piperidine rings is 1. The van der Waals surface area contributed by atoms with Crippen molar-refractivity contribution in [1.82, 2.24) is 19.7 Å². The van der Waals surface area contributed by atoms with Crippen molar-refractivity contribution in [3.63, 3.8) is 0 Å². The Morgan fingerprint density at radius 1 is 1.50 bits per heavy atom. The van der Waals surface area contributed by atoms with E-state index in [1.165, 1.54) is 6.33 Å². The molecule has 1 aliphatic rings. The van der Waals surface area contributed by atoms with Crippen LogP contribution in [-0.4, -0.2) is 66.6 Å². The van der Waals surface area contributed by atoms with E-state index in [1.54, 1.807) is 0 Å². The zero-order chi connectivity index (χ0) is 18.2. The second kappa shape index (κ2) is 9.33. The summed E-state index contributed by atoms with van der Waals surface area (Å²) in [6, 6.07) is 0. The normalized spacial score (nSPS) is 24.0. The van der Waals surface area contributed by atoms with Gasteiger partial charge in [-0.05, 0) is 19.8 Å². The van der Waals surface area contributed by atoms with Crippen LogP contribution in [0, 0.1) is 5.41 Å². The van der Waals surface area contributed by atoms with Crippen LogP contribution in [0.5, 0.6) is 0 Å². The summed E-state index contributed by atoms with van der Waals surface area (Å²) >= 11 is 0. The summed E-state index contributed by atoms with van der Waals surface area (Å²) in [6.07, 6.45) is 2.44. The molecular formula is C15H26N4O5. The molecule has 1 aromatic rings. The van der Waals surface area contributed by atoms with Gasteiger partial charge in [0.2, 0.25) is 0 Å². The number of hydrogen-bond acceptors (Lipinski definition) is 6. The van der Waals surface area contributed by atoms with Crippen LogP contribution >= 0.6 is 0 Å². The zero-order valence-corrected chi connectivity index (χ0v) is 14.1. The van der Waals surface area contributed by atoms with E-state index in [0.29, 0.717) is 32.5 Å². The van der Waals surface area contributed by atoms with Gasteiger partial charge in [0.25, 0.3) is 6.47 Å². The first-order valence-corrected chi connectivity index (χ1v) is 8.03. The molecule has 0 radical (unpaired) electrons. The average Bonchev–Trinajstić information content (AvgIpc) is 2.98. The highest BCUT2D eigenvalue weighted by atomic mass is 16.4. The Bertz CT molecular complexity index is 536. The summed E-state index contributed by atoms with van der Waals surface area (Å²) in [7, 11) is 0. The van der Waals surface area contributed by atoms with Crippen LogP contribution in [0.15, 0.2) is 6.33 Å². The van der Waals surface area contributed by atoms with Gasteiger partial charge >= 0.3 is 5.97 Å². The molecule has 2 rings (SSSR count). The quantitative estimate of drug-likeness (QED) is 0.635. The van der Waals surface area contributed by atoms with Gasteiger partial charge in [-0.25, -0.2) is 9.67 Å². The molecule has 1 fully saturated rings. The molecule has 1 aromatic heterocycles. The molecule has 0 bridgehead atoms. The Morgan fingerprint density at radius 2 is 2.17 bits per heavy atom. The monoisotopic (exact) mass is 342 g/mol. The van der Waals surface area contributed by atoms with Gasteiger partial charge in [0, 0.05) is 19.6 Å². The largest absolute Gasteiger partial charge is 0.483 e. The molecule has 2 heterocycles. The standard InChI is InChI=1S/C14H24N4O3.CH2O2/c1-3-6-14(13(20)21)9-17(7-5-11(14)19)8-12-15-10-16-18(12)4-2;2-1-3/h10-11,19H,3-9H2,1-2H3,(H,20,21);1H,(H,2,3)/t11-,14+;/m0./s1. The van der Waals surface area contributed by atoms with E-state index in [0.717, 1.165) is 18.8 Å². The molecule has 9 nitrogen and oxygen atoms in total. The van der Waals surface area contributed by atoms with Gasteiger partial charge in [-0.2, -0.15) is 5.10 Å². The molecule has 24 heavy (non-hydrogen) atoms. The lowest BCUT2D eigenvalue weighted by Crippen LogP contribution is -2.55. The van der Waals surface area contributed by atoms with Gasteiger partial charge in [0.1, 0.15) is 17.6 Å². The second-order valence-corrected chi connectivity index (χ2v) is 5.82. The minimum Gasteiger partial charge on any atom is -0.483 e. The fraction of sp³-hybridized carbons (Fsp3) is 0.733. The Kier molecular flexibility index (Phi) is 7.80. The zero-order valence-electron chi connectivity index (χ0n) is 14.1. The molecule has 136 valence electrons. The number of aryl methyl sites for hydroxylation is 1. The number of nitrogens with zero attached hydrogens (tertiary/aromatic N) is 4. The molecule has 0 saturated carbocycles. The molecule has 3 N–H and O–H groups in total. The smallest absolute Gasteiger partial charge is 0.313 e. The molecule has 0 unspecified atom stereocenters. The second-order valence-electron chi connectivity index (χ2n) is 5.82. The van der Waals surface area contributed by atoms with Crippen LogP contribution in [0.1, 0.15) is 38.9 Å². The Labute approximate surface area is 140 Å². The third-order valence-corrected chi connectivity index (χ3v) is 4.34. The number of carboxylic acid groups (broad SMARTS) is 2. The van der Waals surface area contributed by atoms with Gasteiger partial charge in [-0.3, -0.25) is 14.5 Å². The Balaban J connectivity index is 0.000000891. The van der Waals surface area contributed by atoms with Crippen LogP contribution < -0.4 is 0 Å². The molecule has 0 amide bonds. The molecule has 0 aliphatic carbocycles. The van der Waals surface area contributed by atoms with Gasteiger partial charge in [0.15, 0.2) is 0 Å². The van der Waals surface area contributed by atoms with Crippen LogP contribution in [0.25, 0.3) is 0 Å². The highest BCUT2D eigenvalue weighted by molar-refractivity contribution is 5.76. The summed E-state index contributed by atoms with van der Waals surface area (Å²) in [5.41, 5.74) is -1.07. The first-order chi connectivity index (χ1) is 11.4. The van der Waals surface area contributed by atoms with E-state index in [1.807, 2.05) is 18.5 Å². The number of likely N-dealkylation sites (tertiary alicyclic amines) is 1. The number of carbonyl (C=O) groups is 2. The minimum atomic E-state index is -1.07. The molecule has 0 aromatic carbocycles. The minimum absolute atomic E-state index is 0.250. The van der Waals surface area contributed by atoms with Crippen molar-refractivity contribution in [2.45, 2.75) is 52.3 Å². The Hall–Kier alpha value is -2.00. The average molecular weight is 342 g/mol. The highest BCUT2D eigenvalue weighted by Crippen LogP contribution is 2.35. The third-order valence-electron chi connectivity index (χ3n) is 4.34. The van der Waals surface area contributed by atoms with Crippen LogP contribution in [0.3, 0.4) is 0 Å². The van der Waals surface area contributed by atoms with E-state index in [-0.39, 0.29) is 6.47 Å². The van der Waals surface area contributed by atoms with Crippen LogP contribution in [0.2, 0.25) is 0 Å². The number of aliphatic hydroxyl groups is 1. The van der Waals surface area contributed by atoms with Crippen molar-refractivity contribution in [2.75, 3.05) is 13.1 Å². The first kappa shape index (κ1) is 20.0. The third kappa shape index (κ3) is 4.51. The van der Waals surface area contributed by atoms with E-state index in [4.69, 9.17) is 9.90 Å². The molecule has 1 aliphatic heterocycles. The topological polar surface area (TPSA) is 129 Å². The number of hydrogen-bond donors (Lipinski definition) is 3. The van der Waals surface area contributed by atoms with Crippen molar-refractivity contribution in [2.24, 2.45) is 5.41 Å².